The number of para-hydroxylation sites is 1. The number of likely N-dealkylation sites (N-methyl/N-ethyl adjacent to an activating group) is 1. The first-order chi connectivity index (χ1) is 12.9. The van der Waals surface area contributed by atoms with E-state index in [1.807, 2.05) is 35.2 Å². The molecule has 0 N–H and O–H groups in total. The standard InChI is InChI=1S/C19H22BrN3O3S/c1-21(17-7-3-2-4-8-17)19(24)15-22-10-12-23(13-11-22)27(25,26)18-9-5-6-16(20)14-18/h2-9,14H,10-13,15H2,1H3. The highest BCUT2D eigenvalue weighted by Gasteiger charge is 2.29. The molecule has 1 aliphatic rings. The first-order valence-electron chi connectivity index (χ1n) is 8.67. The fourth-order valence-corrected chi connectivity index (χ4v) is 5.02. The molecule has 27 heavy (non-hydrogen) atoms. The number of hydrogen-bond donors (Lipinski definition) is 0. The third-order valence-corrected chi connectivity index (χ3v) is 7.03. The van der Waals surface area contributed by atoms with E-state index in [1.54, 1.807) is 36.2 Å². The van der Waals surface area contributed by atoms with Gasteiger partial charge in [0.1, 0.15) is 0 Å². The van der Waals surface area contributed by atoms with Crippen molar-refractivity contribution in [2.45, 2.75) is 4.90 Å². The van der Waals surface area contributed by atoms with Crippen LogP contribution in [0.4, 0.5) is 5.69 Å². The minimum absolute atomic E-state index is 0.00972. The van der Waals surface area contributed by atoms with Crippen molar-refractivity contribution in [2.75, 3.05) is 44.7 Å². The lowest BCUT2D eigenvalue weighted by Gasteiger charge is -2.34. The number of carbonyl (C=O) groups excluding carboxylic acids is 1. The SMILES string of the molecule is CN(C(=O)CN1CCN(S(=O)(=O)c2cccc(Br)c2)CC1)c1ccccc1. The number of benzene rings is 2. The molecule has 0 spiro atoms. The van der Waals surface area contributed by atoms with Crippen LogP contribution < -0.4 is 4.90 Å². The molecule has 2 aromatic rings. The number of amides is 1. The highest BCUT2D eigenvalue weighted by molar-refractivity contribution is 9.10. The maximum atomic E-state index is 12.8. The molecule has 1 fully saturated rings. The van der Waals surface area contributed by atoms with E-state index >= 15 is 0 Å². The zero-order chi connectivity index (χ0) is 19.4. The van der Waals surface area contributed by atoms with Gasteiger partial charge in [0.15, 0.2) is 0 Å². The van der Waals surface area contributed by atoms with Crippen molar-refractivity contribution in [3.8, 4) is 0 Å². The molecule has 0 radical (unpaired) electrons. The summed E-state index contributed by atoms with van der Waals surface area (Å²) in [5.41, 5.74) is 0.846. The summed E-state index contributed by atoms with van der Waals surface area (Å²) in [6, 6.07) is 16.2. The van der Waals surface area contributed by atoms with Gasteiger partial charge >= 0.3 is 0 Å². The first-order valence-corrected chi connectivity index (χ1v) is 10.9. The van der Waals surface area contributed by atoms with Gasteiger partial charge < -0.3 is 4.90 Å². The summed E-state index contributed by atoms with van der Waals surface area (Å²) < 4.78 is 27.8. The fraction of sp³-hybridized carbons (Fsp3) is 0.316. The zero-order valence-corrected chi connectivity index (χ0v) is 17.5. The summed E-state index contributed by atoms with van der Waals surface area (Å²) in [7, 11) is -1.76. The monoisotopic (exact) mass is 451 g/mol. The van der Waals surface area contributed by atoms with Crippen LogP contribution >= 0.6 is 15.9 Å². The number of carbonyl (C=O) groups is 1. The minimum atomic E-state index is -3.51. The Morgan fingerprint density at radius 3 is 2.33 bits per heavy atom. The molecule has 6 nitrogen and oxygen atoms in total. The predicted octanol–water partition coefficient (Wildman–Crippen LogP) is 2.42. The lowest BCUT2D eigenvalue weighted by Crippen LogP contribution is -2.51. The van der Waals surface area contributed by atoms with E-state index in [2.05, 4.69) is 15.9 Å². The molecule has 1 heterocycles. The Morgan fingerprint density at radius 2 is 1.70 bits per heavy atom. The quantitative estimate of drug-likeness (QED) is 0.700. The highest BCUT2D eigenvalue weighted by Crippen LogP contribution is 2.21. The Labute approximate surface area is 168 Å². The van der Waals surface area contributed by atoms with Crippen LogP contribution in [0.15, 0.2) is 64.0 Å². The zero-order valence-electron chi connectivity index (χ0n) is 15.1. The number of anilines is 1. The third kappa shape index (κ3) is 4.76. The Kier molecular flexibility index (Phi) is 6.31. The minimum Gasteiger partial charge on any atom is -0.314 e. The number of sulfonamides is 1. The number of piperazine rings is 1. The Hall–Kier alpha value is -1.74. The second kappa shape index (κ2) is 8.52. The molecule has 1 amide bonds. The summed E-state index contributed by atoms with van der Waals surface area (Å²) in [6.45, 7) is 2.08. The van der Waals surface area contributed by atoms with Gasteiger partial charge in [0, 0.05) is 43.4 Å². The van der Waals surface area contributed by atoms with Gasteiger partial charge in [-0.2, -0.15) is 4.31 Å². The van der Waals surface area contributed by atoms with Crippen LogP contribution in [0.2, 0.25) is 0 Å². The molecule has 0 aromatic heterocycles. The van der Waals surface area contributed by atoms with Gasteiger partial charge in [-0.05, 0) is 30.3 Å². The fourth-order valence-electron chi connectivity index (χ4n) is 3.00. The number of hydrogen-bond acceptors (Lipinski definition) is 4. The number of halogens is 1. The van der Waals surface area contributed by atoms with Crippen LogP contribution in [0.3, 0.4) is 0 Å². The average Bonchev–Trinajstić information content (AvgIpc) is 2.68. The highest BCUT2D eigenvalue weighted by atomic mass is 79.9. The van der Waals surface area contributed by atoms with Crippen LogP contribution in [0.5, 0.6) is 0 Å². The van der Waals surface area contributed by atoms with Gasteiger partial charge in [-0.25, -0.2) is 8.42 Å². The lowest BCUT2D eigenvalue weighted by atomic mass is 10.3. The summed E-state index contributed by atoms with van der Waals surface area (Å²) in [4.78, 5) is 16.4. The summed E-state index contributed by atoms with van der Waals surface area (Å²) >= 11 is 3.31. The molecule has 2 aromatic carbocycles. The van der Waals surface area contributed by atoms with Crippen molar-refractivity contribution < 1.29 is 13.2 Å². The van der Waals surface area contributed by atoms with Gasteiger partial charge in [-0.3, -0.25) is 9.69 Å². The second-order valence-electron chi connectivity index (χ2n) is 6.43. The second-order valence-corrected chi connectivity index (χ2v) is 9.28. The third-order valence-electron chi connectivity index (χ3n) is 4.64. The Morgan fingerprint density at radius 1 is 1.04 bits per heavy atom. The molecule has 3 rings (SSSR count). The Balaban J connectivity index is 1.58. The van der Waals surface area contributed by atoms with Crippen LogP contribution in [0, 0.1) is 0 Å². The lowest BCUT2D eigenvalue weighted by molar-refractivity contribution is -0.119. The molecular formula is C19H22BrN3O3S. The van der Waals surface area contributed by atoms with E-state index in [0.717, 1.165) is 10.2 Å². The van der Waals surface area contributed by atoms with Gasteiger partial charge in [-0.15, -0.1) is 0 Å². The molecule has 0 saturated carbocycles. The molecule has 1 saturated heterocycles. The van der Waals surface area contributed by atoms with Crippen molar-refractivity contribution in [3.05, 3.63) is 59.1 Å². The molecule has 144 valence electrons. The van der Waals surface area contributed by atoms with E-state index in [0.29, 0.717) is 26.2 Å². The maximum Gasteiger partial charge on any atom is 0.243 e. The van der Waals surface area contributed by atoms with E-state index in [1.165, 1.54) is 4.31 Å². The van der Waals surface area contributed by atoms with Crippen LogP contribution in [0.25, 0.3) is 0 Å². The molecule has 0 atom stereocenters. The van der Waals surface area contributed by atoms with E-state index in [9.17, 15) is 13.2 Å². The summed E-state index contributed by atoms with van der Waals surface area (Å²) in [5.74, 6) is -0.00972. The molecule has 0 unspecified atom stereocenters. The van der Waals surface area contributed by atoms with Crippen LogP contribution in [0.1, 0.15) is 0 Å². The number of nitrogens with zero attached hydrogens (tertiary/aromatic N) is 3. The summed E-state index contributed by atoms with van der Waals surface area (Å²) in [5, 5.41) is 0. The van der Waals surface area contributed by atoms with Crippen molar-refractivity contribution >= 4 is 37.5 Å². The predicted molar refractivity (Wildman–Crippen MR) is 109 cm³/mol. The average molecular weight is 452 g/mol. The van der Waals surface area contributed by atoms with Crippen LogP contribution in [-0.2, 0) is 14.8 Å². The molecule has 0 bridgehead atoms. The van der Waals surface area contributed by atoms with E-state index < -0.39 is 10.0 Å². The van der Waals surface area contributed by atoms with Crippen molar-refractivity contribution in [1.82, 2.24) is 9.21 Å². The van der Waals surface area contributed by atoms with Gasteiger partial charge in [0.25, 0.3) is 0 Å². The molecule has 1 aliphatic heterocycles. The summed E-state index contributed by atoms with van der Waals surface area (Å²) in [6.07, 6.45) is 0. The maximum absolute atomic E-state index is 12.8. The largest absolute Gasteiger partial charge is 0.314 e. The Bertz CT molecular complexity index is 897. The molecule has 8 heteroatoms. The van der Waals surface area contributed by atoms with Gasteiger partial charge in [0.05, 0.1) is 11.4 Å². The van der Waals surface area contributed by atoms with E-state index in [-0.39, 0.29) is 17.3 Å². The van der Waals surface area contributed by atoms with Gasteiger partial charge in [-0.1, -0.05) is 40.2 Å². The van der Waals surface area contributed by atoms with Crippen LogP contribution in [-0.4, -0.2) is 63.3 Å². The normalized spacial score (nSPS) is 16.2. The van der Waals surface area contributed by atoms with Gasteiger partial charge in [0.2, 0.25) is 15.9 Å². The number of rotatable bonds is 5. The first kappa shape index (κ1) is 20.0. The van der Waals surface area contributed by atoms with E-state index in [4.69, 9.17) is 0 Å². The van der Waals surface area contributed by atoms with Crippen molar-refractivity contribution in [3.63, 3.8) is 0 Å². The van der Waals surface area contributed by atoms with Crippen molar-refractivity contribution in [1.29, 1.82) is 0 Å². The molecular weight excluding hydrogens is 430 g/mol. The topological polar surface area (TPSA) is 60.9 Å². The molecule has 0 aliphatic carbocycles. The smallest absolute Gasteiger partial charge is 0.243 e. The van der Waals surface area contributed by atoms with Crippen molar-refractivity contribution in [2.24, 2.45) is 0 Å².